The summed E-state index contributed by atoms with van der Waals surface area (Å²) < 4.78 is 8.85. The van der Waals surface area contributed by atoms with Crippen LogP contribution in [-0.4, -0.2) is 24.5 Å². The van der Waals surface area contributed by atoms with Crippen LogP contribution < -0.4 is 5.43 Å². The summed E-state index contributed by atoms with van der Waals surface area (Å²) in [5.41, 5.74) is 0.513. The lowest BCUT2D eigenvalue weighted by atomic mass is 9.97. The van der Waals surface area contributed by atoms with Crippen LogP contribution in [0.1, 0.15) is 32.5 Å². The van der Waals surface area contributed by atoms with Gasteiger partial charge in [0.05, 0.1) is 18.1 Å². The van der Waals surface area contributed by atoms with E-state index in [9.17, 15) is 4.79 Å². The minimum Gasteiger partial charge on any atom is -0.339 e. The molecule has 7 heteroatoms. The van der Waals surface area contributed by atoms with Crippen molar-refractivity contribution in [3.05, 3.63) is 40.4 Å². The number of aryl methyl sites for hydroxylation is 1. The Morgan fingerprint density at radius 1 is 1.33 bits per heavy atom. The molecule has 0 fully saturated rings. The molecular formula is C14H17N5O2. The highest BCUT2D eigenvalue weighted by molar-refractivity contribution is 5.74. The van der Waals surface area contributed by atoms with Gasteiger partial charge in [0.15, 0.2) is 11.3 Å². The summed E-state index contributed by atoms with van der Waals surface area (Å²) in [4.78, 5) is 16.2. The Morgan fingerprint density at radius 3 is 2.76 bits per heavy atom. The minimum absolute atomic E-state index is 0.0437. The van der Waals surface area contributed by atoms with Gasteiger partial charge in [0, 0.05) is 24.7 Å². The van der Waals surface area contributed by atoms with Crippen molar-refractivity contribution >= 4 is 11.0 Å². The molecule has 0 saturated heterocycles. The van der Waals surface area contributed by atoms with Crippen LogP contribution in [-0.2, 0) is 19.0 Å². The molecule has 3 rings (SSSR count). The molecule has 110 valence electrons. The molecule has 21 heavy (non-hydrogen) atoms. The molecule has 0 N–H and O–H groups in total. The van der Waals surface area contributed by atoms with Gasteiger partial charge < -0.3 is 9.09 Å². The fourth-order valence-electron chi connectivity index (χ4n) is 2.17. The van der Waals surface area contributed by atoms with Crippen molar-refractivity contribution in [3.8, 4) is 0 Å². The topological polar surface area (TPSA) is 78.7 Å². The lowest BCUT2D eigenvalue weighted by Crippen LogP contribution is -2.13. The van der Waals surface area contributed by atoms with Gasteiger partial charge in [-0.05, 0) is 0 Å². The summed E-state index contributed by atoms with van der Waals surface area (Å²) >= 11 is 0. The third-order valence-corrected chi connectivity index (χ3v) is 3.27. The fourth-order valence-corrected chi connectivity index (χ4v) is 2.17. The highest BCUT2D eigenvalue weighted by atomic mass is 16.5. The van der Waals surface area contributed by atoms with Crippen LogP contribution in [0.3, 0.4) is 0 Å². The molecule has 0 aliphatic carbocycles. The van der Waals surface area contributed by atoms with Crippen molar-refractivity contribution in [2.24, 2.45) is 7.05 Å². The summed E-state index contributed by atoms with van der Waals surface area (Å²) in [5, 5.41) is 8.72. The van der Waals surface area contributed by atoms with Crippen molar-refractivity contribution in [2.75, 3.05) is 0 Å². The normalized spacial score (nSPS) is 12.2. The molecule has 7 nitrogen and oxygen atoms in total. The molecule has 0 aliphatic rings. The van der Waals surface area contributed by atoms with Gasteiger partial charge in [-0.2, -0.15) is 10.1 Å². The molecule has 0 aliphatic heterocycles. The SMILES string of the molecule is Cn1ncc2c(=O)ccn(Cc3noc(C(C)(C)C)n3)c21. The number of pyridine rings is 1. The van der Waals surface area contributed by atoms with Crippen molar-refractivity contribution < 1.29 is 4.52 Å². The first kappa shape index (κ1) is 13.5. The molecule has 0 unspecified atom stereocenters. The molecule has 0 atom stereocenters. The molecule has 3 aromatic heterocycles. The molecule has 0 saturated carbocycles. The van der Waals surface area contributed by atoms with E-state index in [0.717, 1.165) is 5.65 Å². The maximum atomic E-state index is 11.8. The Balaban J connectivity index is 2.03. The van der Waals surface area contributed by atoms with Crippen molar-refractivity contribution in [2.45, 2.75) is 32.7 Å². The summed E-state index contributed by atoms with van der Waals surface area (Å²) in [6.07, 6.45) is 3.30. The number of nitrogens with zero attached hydrogens (tertiary/aromatic N) is 5. The Morgan fingerprint density at radius 2 is 2.10 bits per heavy atom. The molecule has 3 heterocycles. The first-order chi connectivity index (χ1) is 9.86. The number of rotatable bonds is 2. The summed E-state index contributed by atoms with van der Waals surface area (Å²) in [6, 6.07) is 1.52. The second-order valence-corrected chi connectivity index (χ2v) is 6.08. The van der Waals surface area contributed by atoms with Gasteiger partial charge in [-0.3, -0.25) is 9.48 Å². The van der Waals surface area contributed by atoms with Gasteiger partial charge in [-0.15, -0.1) is 0 Å². The van der Waals surface area contributed by atoms with E-state index < -0.39 is 0 Å². The quantitative estimate of drug-likeness (QED) is 0.713. The number of fused-ring (bicyclic) bond motifs is 1. The van der Waals surface area contributed by atoms with Crippen LogP contribution in [0, 0.1) is 0 Å². The van der Waals surface area contributed by atoms with E-state index in [2.05, 4.69) is 15.2 Å². The maximum absolute atomic E-state index is 11.8. The average Bonchev–Trinajstić information content (AvgIpc) is 3.00. The highest BCUT2D eigenvalue weighted by Gasteiger charge is 2.22. The molecule has 0 bridgehead atoms. The van der Waals surface area contributed by atoms with Crippen molar-refractivity contribution in [1.82, 2.24) is 24.5 Å². The first-order valence-electron chi connectivity index (χ1n) is 6.70. The van der Waals surface area contributed by atoms with Gasteiger partial charge in [-0.25, -0.2) is 0 Å². The average molecular weight is 287 g/mol. The molecule has 0 spiro atoms. The predicted octanol–water partition coefficient (Wildman–Crippen LogP) is 1.46. The Hall–Kier alpha value is -2.44. The Labute approximate surface area is 121 Å². The van der Waals surface area contributed by atoms with Gasteiger partial charge in [0.2, 0.25) is 5.89 Å². The molecule has 0 aromatic carbocycles. The summed E-state index contributed by atoms with van der Waals surface area (Å²) in [5.74, 6) is 1.17. The van der Waals surface area contributed by atoms with Crippen LogP contribution in [0.25, 0.3) is 11.0 Å². The van der Waals surface area contributed by atoms with E-state index in [1.807, 2.05) is 25.3 Å². The van der Waals surface area contributed by atoms with E-state index >= 15 is 0 Å². The smallest absolute Gasteiger partial charge is 0.232 e. The third-order valence-electron chi connectivity index (χ3n) is 3.27. The predicted molar refractivity (Wildman–Crippen MR) is 77.1 cm³/mol. The highest BCUT2D eigenvalue weighted by Crippen LogP contribution is 2.20. The monoisotopic (exact) mass is 287 g/mol. The first-order valence-corrected chi connectivity index (χ1v) is 6.70. The summed E-state index contributed by atoms with van der Waals surface area (Å²) in [7, 11) is 1.80. The van der Waals surface area contributed by atoms with E-state index in [1.54, 1.807) is 24.1 Å². The lowest BCUT2D eigenvalue weighted by molar-refractivity contribution is 0.318. The van der Waals surface area contributed by atoms with Gasteiger partial charge in [-0.1, -0.05) is 25.9 Å². The molecule has 0 radical (unpaired) electrons. The lowest BCUT2D eigenvalue weighted by Gasteiger charge is -2.10. The number of hydrogen-bond acceptors (Lipinski definition) is 5. The Kier molecular flexibility index (Phi) is 2.93. The molecule has 0 amide bonds. The molecule has 3 aromatic rings. The standard InChI is InChI=1S/C14H17N5O2/c1-14(2,3)13-16-11(17-21-13)8-19-6-5-10(20)9-7-15-18(4)12(9)19/h5-7H,8H2,1-4H3. The maximum Gasteiger partial charge on any atom is 0.232 e. The number of aromatic nitrogens is 5. The van der Waals surface area contributed by atoms with E-state index in [4.69, 9.17) is 4.52 Å². The van der Waals surface area contributed by atoms with Gasteiger partial charge in [0.1, 0.15) is 5.65 Å². The van der Waals surface area contributed by atoms with Gasteiger partial charge in [0.25, 0.3) is 0 Å². The van der Waals surface area contributed by atoms with E-state index in [1.165, 1.54) is 6.07 Å². The molecular weight excluding hydrogens is 270 g/mol. The second kappa shape index (κ2) is 4.54. The Bertz CT molecular complexity index is 850. The zero-order chi connectivity index (χ0) is 15.2. The zero-order valence-corrected chi connectivity index (χ0v) is 12.5. The fraction of sp³-hybridized carbons (Fsp3) is 0.429. The largest absolute Gasteiger partial charge is 0.339 e. The van der Waals surface area contributed by atoms with Crippen LogP contribution in [0.2, 0.25) is 0 Å². The van der Waals surface area contributed by atoms with E-state index in [0.29, 0.717) is 23.6 Å². The van der Waals surface area contributed by atoms with E-state index in [-0.39, 0.29) is 10.8 Å². The van der Waals surface area contributed by atoms with Crippen LogP contribution in [0.15, 0.2) is 27.8 Å². The van der Waals surface area contributed by atoms with Crippen LogP contribution in [0.5, 0.6) is 0 Å². The summed E-state index contributed by atoms with van der Waals surface area (Å²) in [6.45, 7) is 6.48. The van der Waals surface area contributed by atoms with Gasteiger partial charge >= 0.3 is 0 Å². The van der Waals surface area contributed by atoms with Crippen LogP contribution >= 0.6 is 0 Å². The third kappa shape index (κ3) is 2.35. The van der Waals surface area contributed by atoms with Crippen molar-refractivity contribution in [3.63, 3.8) is 0 Å². The van der Waals surface area contributed by atoms with Crippen molar-refractivity contribution in [1.29, 1.82) is 0 Å². The second-order valence-electron chi connectivity index (χ2n) is 6.08. The van der Waals surface area contributed by atoms with Crippen LogP contribution in [0.4, 0.5) is 0 Å². The number of hydrogen-bond donors (Lipinski definition) is 0. The zero-order valence-electron chi connectivity index (χ0n) is 12.5. The minimum atomic E-state index is -0.184.